The van der Waals surface area contributed by atoms with Crippen molar-refractivity contribution in [3.8, 4) is 5.75 Å². The summed E-state index contributed by atoms with van der Waals surface area (Å²) in [6.45, 7) is 1.75. The van der Waals surface area contributed by atoms with Crippen LogP contribution in [0.15, 0.2) is 86.5 Å². The largest absolute Gasteiger partial charge is 0.496 e. The molecule has 0 amide bonds. The number of benzene rings is 2. The number of dihydropyridines is 1. The van der Waals surface area contributed by atoms with Crippen LogP contribution in [0.25, 0.3) is 11.0 Å². The van der Waals surface area contributed by atoms with E-state index in [1.807, 2.05) is 24.3 Å². The molecule has 3 aromatic rings. The third-order valence-electron chi connectivity index (χ3n) is 6.83. The van der Waals surface area contributed by atoms with E-state index in [9.17, 15) is 14.4 Å². The van der Waals surface area contributed by atoms with Crippen molar-refractivity contribution in [1.29, 1.82) is 0 Å². The van der Waals surface area contributed by atoms with Crippen molar-refractivity contribution >= 4 is 22.7 Å². The number of Topliss-reactive ketones (excluding diaryl/α,β-unsaturated/α-hetero) is 1. The quantitative estimate of drug-likeness (QED) is 0.566. The minimum Gasteiger partial charge on any atom is -0.496 e. The standard InChI is InChI=1S/C28H25NO6/c1-15-24(28(32)34-3)25(19-14-35-23-11-7-5-9-18(23)27(19)31)26-20(29-15)12-16(13-21(26)30)17-8-4-6-10-22(17)33-2/h4-11,14,16,25,29H,12-13H2,1-3H3/t16-,25+/m1/s1. The first-order valence-corrected chi connectivity index (χ1v) is 11.4. The van der Waals surface area contributed by atoms with Crippen LogP contribution in [0, 0.1) is 0 Å². The van der Waals surface area contributed by atoms with Crippen LogP contribution in [0.4, 0.5) is 0 Å². The fraction of sp³-hybridized carbons (Fsp3) is 0.250. The molecule has 1 aliphatic heterocycles. The molecular formula is C28H25NO6. The lowest BCUT2D eigenvalue weighted by Gasteiger charge is -2.36. The molecule has 1 aromatic heterocycles. The molecule has 5 rings (SSSR count). The second-order valence-electron chi connectivity index (χ2n) is 8.77. The van der Waals surface area contributed by atoms with Crippen LogP contribution in [-0.4, -0.2) is 26.0 Å². The first-order valence-electron chi connectivity index (χ1n) is 11.4. The minimum absolute atomic E-state index is 0.106. The SMILES string of the molecule is COC(=O)C1=C(C)NC2=C(C(=O)C[C@H](c3ccccc3OC)C2)[C@H]1c1coc2ccccc2c1=O. The lowest BCUT2D eigenvalue weighted by atomic mass is 9.71. The summed E-state index contributed by atoms with van der Waals surface area (Å²) in [7, 11) is 2.89. The van der Waals surface area contributed by atoms with Crippen LogP contribution in [-0.2, 0) is 14.3 Å². The van der Waals surface area contributed by atoms with Gasteiger partial charge in [0.05, 0.1) is 37.4 Å². The Labute approximate surface area is 202 Å². The van der Waals surface area contributed by atoms with Crippen molar-refractivity contribution in [2.75, 3.05) is 14.2 Å². The first-order chi connectivity index (χ1) is 16.9. The van der Waals surface area contributed by atoms with Crippen molar-refractivity contribution < 1.29 is 23.5 Å². The summed E-state index contributed by atoms with van der Waals surface area (Å²) in [6.07, 6.45) is 2.12. The van der Waals surface area contributed by atoms with Crippen molar-refractivity contribution in [3.05, 3.63) is 98.7 Å². The van der Waals surface area contributed by atoms with E-state index in [2.05, 4.69) is 5.32 Å². The summed E-state index contributed by atoms with van der Waals surface area (Å²) >= 11 is 0. The molecule has 0 unspecified atom stereocenters. The van der Waals surface area contributed by atoms with Gasteiger partial charge in [-0.3, -0.25) is 9.59 Å². The molecule has 0 saturated carbocycles. The maximum Gasteiger partial charge on any atom is 0.336 e. The number of ether oxygens (including phenoxy) is 2. The first kappa shape index (κ1) is 22.7. The number of hydrogen-bond acceptors (Lipinski definition) is 7. The molecule has 35 heavy (non-hydrogen) atoms. The molecule has 7 heteroatoms. The Morgan fingerprint density at radius 3 is 2.51 bits per heavy atom. The molecule has 7 nitrogen and oxygen atoms in total. The van der Waals surface area contributed by atoms with Crippen molar-refractivity contribution in [1.82, 2.24) is 5.32 Å². The normalized spacial score (nSPS) is 19.9. The zero-order valence-electron chi connectivity index (χ0n) is 19.7. The number of nitrogens with one attached hydrogen (secondary N) is 1. The average Bonchev–Trinajstić information content (AvgIpc) is 2.87. The van der Waals surface area contributed by atoms with E-state index in [1.54, 1.807) is 38.3 Å². The molecule has 0 bridgehead atoms. The van der Waals surface area contributed by atoms with E-state index in [0.29, 0.717) is 34.4 Å². The summed E-state index contributed by atoms with van der Waals surface area (Å²) in [6, 6.07) is 14.6. The van der Waals surface area contributed by atoms with Gasteiger partial charge in [0.25, 0.3) is 0 Å². The van der Waals surface area contributed by atoms with Crippen LogP contribution >= 0.6 is 0 Å². The maximum atomic E-state index is 13.7. The Hall–Kier alpha value is -4.13. The number of carbonyl (C=O) groups is 2. The third-order valence-corrected chi connectivity index (χ3v) is 6.83. The lowest BCUT2D eigenvalue weighted by molar-refractivity contribution is -0.136. The molecule has 1 aliphatic carbocycles. The number of fused-ring (bicyclic) bond motifs is 1. The Morgan fingerprint density at radius 1 is 1.00 bits per heavy atom. The highest BCUT2D eigenvalue weighted by atomic mass is 16.5. The minimum atomic E-state index is -0.884. The molecule has 0 radical (unpaired) electrons. The smallest absolute Gasteiger partial charge is 0.336 e. The number of carbonyl (C=O) groups excluding carboxylic acids is 2. The Bertz CT molecular complexity index is 1480. The van der Waals surface area contributed by atoms with Crippen molar-refractivity contribution in [3.63, 3.8) is 0 Å². The third kappa shape index (κ3) is 3.73. The number of esters is 1. The van der Waals surface area contributed by atoms with Gasteiger partial charge >= 0.3 is 5.97 Å². The molecule has 2 atom stereocenters. The topological polar surface area (TPSA) is 94.8 Å². The Morgan fingerprint density at radius 2 is 1.74 bits per heavy atom. The van der Waals surface area contributed by atoms with Gasteiger partial charge in [-0.05, 0) is 37.1 Å². The van der Waals surface area contributed by atoms with E-state index < -0.39 is 11.9 Å². The van der Waals surface area contributed by atoms with E-state index in [0.717, 1.165) is 11.3 Å². The van der Waals surface area contributed by atoms with Gasteiger partial charge in [-0.25, -0.2) is 4.79 Å². The van der Waals surface area contributed by atoms with Crippen LogP contribution in [0.1, 0.15) is 42.7 Å². The van der Waals surface area contributed by atoms with E-state index in [4.69, 9.17) is 13.9 Å². The summed E-state index contributed by atoms with van der Waals surface area (Å²) in [5.41, 5.74) is 3.22. The fourth-order valence-corrected chi connectivity index (χ4v) is 5.25. The van der Waals surface area contributed by atoms with Gasteiger partial charge in [-0.1, -0.05) is 30.3 Å². The molecule has 0 fully saturated rings. The predicted octanol–water partition coefficient (Wildman–Crippen LogP) is 4.34. The monoisotopic (exact) mass is 471 g/mol. The van der Waals surface area contributed by atoms with E-state index in [1.165, 1.54) is 13.4 Å². The molecule has 0 spiro atoms. The van der Waals surface area contributed by atoms with Gasteiger partial charge in [0.15, 0.2) is 11.2 Å². The van der Waals surface area contributed by atoms with Crippen molar-refractivity contribution in [2.24, 2.45) is 0 Å². The number of ketones is 1. The van der Waals surface area contributed by atoms with Crippen LogP contribution in [0.3, 0.4) is 0 Å². The summed E-state index contributed by atoms with van der Waals surface area (Å²) in [4.78, 5) is 40.1. The number of methoxy groups -OCH3 is 2. The second kappa shape index (κ2) is 8.91. The number of allylic oxidation sites excluding steroid dienone is 3. The molecule has 2 aromatic carbocycles. The average molecular weight is 472 g/mol. The zero-order valence-corrected chi connectivity index (χ0v) is 19.7. The summed E-state index contributed by atoms with van der Waals surface area (Å²) in [5.74, 6) is -1.00. The molecule has 2 heterocycles. The molecular weight excluding hydrogens is 446 g/mol. The summed E-state index contributed by atoms with van der Waals surface area (Å²) in [5, 5.41) is 3.66. The van der Waals surface area contributed by atoms with Gasteiger partial charge in [0.2, 0.25) is 0 Å². The van der Waals surface area contributed by atoms with Gasteiger partial charge in [0, 0.05) is 34.9 Å². The second-order valence-corrected chi connectivity index (χ2v) is 8.77. The summed E-state index contributed by atoms with van der Waals surface area (Å²) < 4.78 is 16.3. The highest BCUT2D eigenvalue weighted by molar-refractivity contribution is 6.04. The van der Waals surface area contributed by atoms with E-state index >= 15 is 0 Å². The maximum absolute atomic E-state index is 13.7. The Balaban J connectivity index is 1.68. The molecule has 1 N–H and O–H groups in total. The van der Waals surface area contributed by atoms with Gasteiger partial charge in [-0.15, -0.1) is 0 Å². The highest BCUT2D eigenvalue weighted by Gasteiger charge is 2.43. The number of rotatable bonds is 4. The fourth-order valence-electron chi connectivity index (χ4n) is 5.25. The van der Waals surface area contributed by atoms with Gasteiger partial charge < -0.3 is 19.2 Å². The lowest BCUT2D eigenvalue weighted by Crippen LogP contribution is -2.37. The van der Waals surface area contributed by atoms with Crippen LogP contribution in [0.5, 0.6) is 5.75 Å². The molecule has 2 aliphatic rings. The van der Waals surface area contributed by atoms with E-state index in [-0.39, 0.29) is 34.7 Å². The number of hydrogen-bond donors (Lipinski definition) is 1. The Kier molecular flexibility index (Phi) is 5.76. The van der Waals surface area contributed by atoms with Crippen LogP contribution < -0.4 is 15.5 Å². The molecule has 178 valence electrons. The van der Waals surface area contributed by atoms with Crippen molar-refractivity contribution in [2.45, 2.75) is 31.6 Å². The molecule has 0 saturated heterocycles. The zero-order chi connectivity index (χ0) is 24.7. The number of para-hydroxylation sites is 2. The van der Waals surface area contributed by atoms with Gasteiger partial charge in [-0.2, -0.15) is 0 Å². The van der Waals surface area contributed by atoms with Gasteiger partial charge in [0.1, 0.15) is 11.3 Å². The highest BCUT2D eigenvalue weighted by Crippen LogP contribution is 2.46. The predicted molar refractivity (Wildman–Crippen MR) is 130 cm³/mol. The van der Waals surface area contributed by atoms with Crippen LogP contribution in [0.2, 0.25) is 0 Å².